The van der Waals surface area contributed by atoms with Gasteiger partial charge >= 0.3 is 5.97 Å². The molecule has 0 spiro atoms. The van der Waals surface area contributed by atoms with Crippen molar-refractivity contribution in [3.05, 3.63) is 23.5 Å². The number of hydrogen-bond acceptors (Lipinski definition) is 3. The number of carbonyl (C=O) groups is 1. The number of halogens is 1. The second-order valence-corrected chi connectivity index (χ2v) is 4.20. The van der Waals surface area contributed by atoms with Crippen LogP contribution in [0.3, 0.4) is 0 Å². The van der Waals surface area contributed by atoms with Crippen molar-refractivity contribution >= 4 is 29.5 Å². The lowest BCUT2D eigenvalue weighted by molar-refractivity contribution is 0.0696. The molecule has 76 valence electrons. The topological polar surface area (TPSA) is 37.3 Å². The van der Waals surface area contributed by atoms with Crippen LogP contribution in [0.2, 0.25) is 0 Å². The van der Waals surface area contributed by atoms with Crippen molar-refractivity contribution in [2.75, 3.05) is 12.5 Å². The zero-order chi connectivity index (χ0) is 10.7. The summed E-state index contributed by atoms with van der Waals surface area (Å²) in [7, 11) is 0. The van der Waals surface area contributed by atoms with Gasteiger partial charge in [-0.1, -0.05) is 0 Å². The van der Waals surface area contributed by atoms with Crippen LogP contribution in [-0.2, 0) is 0 Å². The van der Waals surface area contributed by atoms with Crippen molar-refractivity contribution in [1.29, 1.82) is 0 Å². The Hall–Kier alpha value is -0.680. The van der Waals surface area contributed by atoms with Crippen LogP contribution in [0.5, 0.6) is 0 Å². The van der Waals surface area contributed by atoms with Crippen LogP contribution in [0.1, 0.15) is 10.4 Å². The van der Waals surface area contributed by atoms with E-state index >= 15 is 0 Å². The predicted octanol–water partition coefficient (Wildman–Crippen LogP) is 2.97. The normalized spacial score (nSPS) is 10.2. The summed E-state index contributed by atoms with van der Waals surface area (Å²) in [6.07, 6.45) is 3.43. The largest absolute Gasteiger partial charge is 0.478 e. The Morgan fingerprint density at radius 1 is 1.29 bits per heavy atom. The van der Waals surface area contributed by atoms with Gasteiger partial charge in [0.1, 0.15) is 5.82 Å². The minimum absolute atomic E-state index is 0.125. The Morgan fingerprint density at radius 3 is 2.00 bits per heavy atom. The first-order valence-corrected chi connectivity index (χ1v) is 6.20. The van der Waals surface area contributed by atoms with Gasteiger partial charge in [-0.15, -0.1) is 23.5 Å². The van der Waals surface area contributed by atoms with Gasteiger partial charge in [0.15, 0.2) is 0 Å². The third-order valence-corrected chi connectivity index (χ3v) is 3.17. The van der Waals surface area contributed by atoms with Crippen LogP contribution in [0.15, 0.2) is 21.9 Å². The van der Waals surface area contributed by atoms with E-state index in [9.17, 15) is 9.18 Å². The Morgan fingerprint density at radius 2 is 1.71 bits per heavy atom. The second kappa shape index (κ2) is 4.70. The Labute approximate surface area is 89.9 Å². The van der Waals surface area contributed by atoms with Gasteiger partial charge in [0.25, 0.3) is 0 Å². The number of hydrogen-bond donors (Lipinski definition) is 1. The van der Waals surface area contributed by atoms with Gasteiger partial charge in [0, 0.05) is 9.79 Å². The second-order valence-electron chi connectivity index (χ2n) is 2.50. The number of carboxylic acids is 1. The molecule has 0 heterocycles. The fraction of sp³-hybridized carbons (Fsp3) is 0.222. The molecule has 0 amide bonds. The number of carboxylic acid groups (broad SMARTS) is 1. The molecule has 0 fully saturated rings. The van der Waals surface area contributed by atoms with Gasteiger partial charge in [-0.05, 0) is 24.6 Å². The van der Waals surface area contributed by atoms with E-state index in [0.717, 1.165) is 0 Å². The summed E-state index contributed by atoms with van der Waals surface area (Å²) in [5.41, 5.74) is 0.125. The van der Waals surface area contributed by atoms with Crippen LogP contribution < -0.4 is 0 Å². The molecule has 0 saturated heterocycles. The zero-order valence-electron chi connectivity index (χ0n) is 7.70. The molecule has 0 radical (unpaired) electrons. The third kappa shape index (κ3) is 2.22. The monoisotopic (exact) mass is 232 g/mol. The highest BCUT2D eigenvalue weighted by atomic mass is 32.2. The van der Waals surface area contributed by atoms with Crippen LogP contribution >= 0.6 is 23.5 Å². The van der Waals surface area contributed by atoms with Crippen molar-refractivity contribution < 1.29 is 14.3 Å². The summed E-state index contributed by atoms with van der Waals surface area (Å²) in [5, 5.41) is 8.77. The maximum Gasteiger partial charge on any atom is 0.335 e. The van der Waals surface area contributed by atoms with Crippen molar-refractivity contribution in [1.82, 2.24) is 0 Å². The van der Waals surface area contributed by atoms with Crippen molar-refractivity contribution in [3.8, 4) is 0 Å². The van der Waals surface area contributed by atoms with Gasteiger partial charge in [-0.2, -0.15) is 0 Å². The molecule has 0 aliphatic carbocycles. The SMILES string of the molecule is CSc1cc(C(=O)O)cc(SC)c1F. The molecule has 14 heavy (non-hydrogen) atoms. The van der Waals surface area contributed by atoms with E-state index in [4.69, 9.17) is 5.11 Å². The molecule has 5 heteroatoms. The number of aromatic carboxylic acids is 1. The van der Waals surface area contributed by atoms with Crippen molar-refractivity contribution in [2.45, 2.75) is 9.79 Å². The number of rotatable bonds is 3. The maximum atomic E-state index is 13.5. The Balaban J connectivity index is 3.32. The lowest BCUT2D eigenvalue weighted by Gasteiger charge is -2.05. The highest BCUT2D eigenvalue weighted by Crippen LogP contribution is 2.29. The van der Waals surface area contributed by atoms with Gasteiger partial charge in [-0.3, -0.25) is 0 Å². The van der Waals surface area contributed by atoms with Crippen LogP contribution in [0, 0.1) is 5.82 Å². The minimum atomic E-state index is -1.03. The summed E-state index contributed by atoms with van der Waals surface area (Å²) in [6.45, 7) is 0. The molecule has 0 aromatic heterocycles. The van der Waals surface area contributed by atoms with E-state index < -0.39 is 5.97 Å². The van der Waals surface area contributed by atoms with Crippen LogP contribution in [0.4, 0.5) is 4.39 Å². The molecule has 0 atom stereocenters. The Kier molecular flexibility index (Phi) is 3.83. The van der Waals surface area contributed by atoms with Gasteiger partial charge in [0.2, 0.25) is 0 Å². The van der Waals surface area contributed by atoms with E-state index in [0.29, 0.717) is 9.79 Å². The summed E-state index contributed by atoms with van der Waals surface area (Å²) < 4.78 is 13.5. The van der Waals surface area contributed by atoms with Crippen LogP contribution in [0.25, 0.3) is 0 Å². The molecule has 2 nitrogen and oxygen atoms in total. The molecule has 0 saturated carbocycles. The summed E-state index contributed by atoms with van der Waals surface area (Å²) >= 11 is 2.41. The lowest BCUT2D eigenvalue weighted by Crippen LogP contribution is -1.98. The molecular weight excluding hydrogens is 223 g/mol. The predicted molar refractivity (Wildman–Crippen MR) is 56.9 cm³/mol. The fourth-order valence-corrected chi connectivity index (χ4v) is 2.13. The quantitative estimate of drug-likeness (QED) is 0.813. The van der Waals surface area contributed by atoms with Gasteiger partial charge < -0.3 is 5.11 Å². The molecule has 1 aromatic carbocycles. The van der Waals surface area contributed by atoms with E-state index in [-0.39, 0.29) is 11.4 Å². The summed E-state index contributed by atoms with van der Waals surface area (Å²) in [6, 6.07) is 2.70. The number of thioether (sulfide) groups is 2. The van der Waals surface area contributed by atoms with Gasteiger partial charge in [-0.25, -0.2) is 9.18 Å². The average molecular weight is 232 g/mol. The molecule has 0 bridgehead atoms. The molecule has 1 N–H and O–H groups in total. The lowest BCUT2D eigenvalue weighted by atomic mass is 10.2. The summed E-state index contributed by atoms with van der Waals surface area (Å²) in [5.74, 6) is -1.37. The Bertz CT molecular complexity index is 341. The van der Waals surface area contributed by atoms with Crippen molar-refractivity contribution in [2.24, 2.45) is 0 Å². The molecule has 1 rings (SSSR count). The first-order valence-electron chi connectivity index (χ1n) is 3.75. The standard InChI is InChI=1S/C9H9FO2S2/c1-13-6-3-5(9(11)12)4-7(14-2)8(6)10/h3-4H,1-2H3,(H,11,12). The van der Waals surface area contributed by atoms with Crippen molar-refractivity contribution in [3.63, 3.8) is 0 Å². The summed E-state index contributed by atoms with van der Waals surface area (Å²) in [4.78, 5) is 11.4. The molecular formula is C9H9FO2S2. The zero-order valence-corrected chi connectivity index (χ0v) is 9.34. The van der Waals surface area contributed by atoms with E-state index in [1.165, 1.54) is 35.7 Å². The highest BCUT2D eigenvalue weighted by molar-refractivity contribution is 7.99. The maximum absolute atomic E-state index is 13.5. The first-order chi connectivity index (χ1) is 6.60. The van der Waals surface area contributed by atoms with E-state index in [1.54, 1.807) is 12.5 Å². The highest BCUT2D eigenvalue weighted by Gasteiger charge is 2.12. The van der Waals surface area contributed by atoms with E-state index in [1.807, 2.05) is 0 Å². The molecule has 1 aromatic rings. The first kappa shape index (κ1) is 11.4. The molecule has 0 aliphatic heterocycles. The third-order valence-electron chi connectivity index (χ3n) is 1.69. The van der Waals surface area contributed by atoms with E-state index in [2.05, 4.69) is 0 Å². The minimum Gasteiger partial charge on any atom is -0.478 e. The molecule has 0 unspecified atom stereocenters. The fourth-order valence-electron chi connectivity index (χ4n) is 0.993. The van der Waals surface area contributed by atoms with Gasteiger partial charge in [0.05, 0.1) is 5.56 Å². The van der Waals surface area contributed by atoms with Crippen LogP contribution in [-0.4, -0.2) is 23.6 Å². The molecule has 0 aliphatic rings. The smallest absolute Gasteiger partial charge is 0.335 e. The average Bonchev–Trinajstić information content (AvgIpc) is 2.17. The number of benzene rings is 1.